The van der Waals surface area contributed by atoms with E-state index in [4.69, 9.17) is 9.47 Å². The average molecular weight is 505 g/mol. The van der Waals surface area contributed by atoms with Crippen LogP contribution in [0.1, 0.15) is 24.8 Å². The van der Waals surface area contributed by atoms with Gasteiger partial charge in [-0.25, -0.2) is 15.0 Å². The molecule has 0 unspecified atom stereocenters. The summed E-state index contributed by atoms with van der Waals surface area (Å²) in [5, 5.41) is 26.7. The molecule has 5 rings (SSSR count). The number of fused-ring (bicyclic) bond motifs is 1. The van der Waals surface area contributed by atoms with E-state index in [1.807, 2.05) is 43.3 Å². The minimum Gasteiger partial charge on any atom is -0.484 e. The number of nitrogens with one attached hydrogen (secondary N) is 2. The van der Waals surface area contributed by atoms with E-state index >= 15 is 0 Å². The Kier molecular flexibility index (Phi) is 7.26. The van der Waals surface area contributed by atoms with Crippen LogP contribution < -0.4 is 15.4 Å². The molecule has 0 saturated carbocycles. The number of para-hydroxylation sites is 1. The molecule has 1 saturated heterocycles. The number of hydrogen-bond donors (Lipinski definition) is 4. The van der Waals surface area contributed by atoms with Crippen molar-refractivity contribution in [2.75, 3.05) is 18.5 Å². The van der Waals surface area contributed by atoms with Crippen molar-refractivity contribution >= 4 is 22.9 Å². The molecule has 5 atom stereocenters. The highest BCUT2D eigenvalue weighted by Crippen LogP contribution is 2.33. The molecule has 1 fully saturated rings. The molecule has 37 heavy (non-hydrogen) atoms. The summed E-state index contributed by atoms with van der Waals surface area (Å²) < 4.78 is 13.1. The lowest BCUT2D eigenvalue weighted by molar-refractivity contribution is -0.125. The number of carbonyl (C=O) groups excluding carboxylic acids is 1. The molecule has 1 aliphatic rings. The molecule has 1 amide bonds. The summed E-state index contributed by atoms with van der Waals surface area (Å²) in [6, 6.07) is 18.0. The zero-order chi connectivity index (χ0) is 25.8. The number of aliphatic hydroxyl groups excluding tert-OH is 2. The van der Waals surface area contributed by atoms with Gasteiger partial charge in [0.2, 0.25) is 0 Å². The van der Waals surface area contributed by atoms with Gasteiger partial charge in [0.1, 0.15) is 30.3 Å². The summed E-state index contributed by atoms with van der Waals surface area (Å²) in [4.78, 5) is 25.9. The van der Waals surface area contributed by atoms with Crippen molar-refractivity contribution in [3.8, 4) is 5.75 Å². The SMILES string of the molecule is C[C@@H](Nc1ncnc2c1ncn2[C@@H]1O[C@H](CO)[C@@H](O)[C@H]1NC(=O)COc1ccccc1)c1ccccc1. The molecule has 1 aliphatic heterocycles. The maximum atomic E-state index is 12.7. The largest absolute Gasteiger partial charge is 0.484 e. The van der Waals surface area contributed by atoms with Gasteiger partial charge in [-0.2, -0.15) is 0 Å². The quantitative estimate of drug-likeness (QED) is 0.268. The van der Waals surface area contributed by atoms with E-state index in [-0.39, 0.29) is 12.6 Å². The first-order chi connectivity index (χ1) is 18.0. The third kappa shape index (κ3) is 5.24. The summed E-state index contributed by atoms with van der Waals surface area (Å²) in [6.07, 6.45) is 0.00344. The molecular weight excluding hydrogens is 476 g/mol. The number of hydrogen-bond acceptors (Lipinski definition) is 9. The summed E-state index contributed by atoms with van der Waals surface area (Å²) in [5.41, 5.74) is 2.05. The Morgan fingerprint density at radius 2 is 1.84 bits per heavy atom. The topological polar surface area (TPSA) is 144 Å². The number of anilines is 1. The number of aromatic nitrogens is 4. The van der Waals surface area contributed by atoms with E-state index in [2.05, 4.69) is 25.6 Å². The third-order valence-corrected chi connectivity index (χ3v) is 6.28. The van der Waals surface area contributed by atoms with Crippen molar-refractivity contribution in [3.05, 3.63) is 78.9 Å². The number of imidazole rings is 1. The molecular formula is C26H28N6O5. The summed E-state index contributed by atoms with van der Waals surface area (Å²) >= 11 is 0. The summed E-state index contributed by atoms with van der Waals surface area (Å²) in [7, 11) is 0. The highest BCUT2D eigenvalue weighted by atomic mass is 16.5. The Labute approximate surface area is 213 Å². The van der Waals surface area contributed by atoms with Gasteiger partial charge in [0.15, 0.2) is 29.8 Å². The Hall–Kier alpha value is -4.06. The van der Waals surface area contributed by atoms with E-state index < -0.39 is 37.0 Å². The second-order valence-corrected chi connectivity index (χ2v) is 8.76. The molecule has 2 aromatic carbocycles. The van der Waals surface area contributed by atoms with Gasteiger partial charge in [-0.15, -0.1) is 0 Å². The molecule has 4 N–H and O–H groups in total. The van der Waals surface area contributed by atoms with Crippen molar-refractivity contribution in [1.82, 2.24) is 24.8 Å². The van der Waals surface area contributed by atoms with Crippen LogP contribution in [0.2, 0.25) is 0 Å². The lowest BCUT2D eigenvalue weighted by Gasteiger charge is -2.23. The monoisotopic (exact) mass is 504 g/mol. The first-order valence-corrected chi connectivity index (χ1v) is 12.0. The second kappa shape index (κ2) is 10.9. The standard InChI is InChI=1S/C26H28N6O5/c1-16(17-8-4-2-5-9-17)30-24-22-25(28-14-27-24)32(15-29-22)26-21(23(35)19(12-33)37-26)31-20(34)13-36-18-10-6-3-7-11-18/h2-11,14-16,19,21,23,26,33,35H,12-13H2,1H3,(H,31,34)(H,27,28,30)/t16-,19-,21-,23-,26-/m1/s1. The minimum absolute atomic E-state index is 0.0376. The Morgan fingerprint density at radius 3 is 2.57 bits per heavy atom. The average Bonchev–Trinajstić information content (AvgIpc) is 3.50. The number of nitrogens with zero attached hydrogens (tertiary/aromatic N) is 4. The van der Waals surface area contributed by atoms with Crippen LogP contribution in [-0.4, -0.2) is 67.1 Å². The van der Waals surface area contributed by atoms with E-state index in [1.165, 1.54) is 12.7 Å². The van der Waals surface area contributed by atoms with Crippen LogP contribution in [0.15, 0.2) is 73.3 Å². The fourth-order valence-corrected chi connectivity index (χ4v) is 4.36. The Morgan fingerprint density at radius 1 is 1.11 bits per heavy atom. The van der Waals surface area contributed by atoms with Crippen LogP contribution in [0.25, 0.3) is 11.2 Å². The molecule has 11 heteroatoms. The van der Waals surface area contributed by atoms with Crippen LogP contribution >= 0.6 is 0 Å². The lowest BCUT2D eigenvalue weighted by Crippen LogP contribution is -2.48. The minimum atomic E-state index is -1.16. The highest BCUT2D eigenvalue weighted by molar-refractivity contribution is 5.83. The molecule has 11 nitrogen and oxygen atoms in total. The number of amides is 1. The van der Waals surface area contributed by atoms with Gasteiger partial charge < -0.3 is 30.3 Å². The Balaban J connectivity index is 1.36. The fraction of sp³-hybridized carbons (Fsp3) is 0.308. The third-order valence-electron chi connectivity index (χ3n) is 6.28. The molecule has 192 valence electrons. The molecule has 4 aromatic rings. The van der Waals surface area contributed by atoms with Gasteiger partial charge in [-0.3, -0.25) is 9.36 Å². The van der Waals surface area contributed by atoms with Crippen molar-refractivity contribution in [2.24, 2.45) is 0 Å². The van der Waals surface area contributed by atoms with Gasteiger partial charge >= 0.3 is 0 Å². The van der Waals surface area contributed by atoms with Crippen molar-refractivity contribution in [2.45, 2.75) is 37.4 Å². The summed E-state index contributed by atoms with van der Waals surface area (Å²) in [6.45, 7) is 1.35. The smallest absolute Gasteiger partial charge is 0.258 e. The van der Waals surface area contributed by atoms with Crippen molar-refractivity contribution in [1.29, 1.82) is 0 Å². The number of carbonyl (C=O) groups is 1. The fourth-order valence-electron chi connectivity index (χ4n) is 4.36. The molecule has 0 spiro atoms. The van der Waals surface area contributed by atoms with E-state index in [0.717, 1.165) is 5.56 Å². The van der Waals surface area contributed by atoms with Gasteiger partial charge in [-0.1, -0.05) is 48.5 Å². The van der Waals surface area contributed by atoms with Crippen LogP contribution in [0.3, 0.4) is 0 Å². The van der Waals surface area contributed by atoms with Crippen LogP contribution in [0, 0.1) is 0 Å². The molecule has 0 radical (unpaired) electrons. The van der Waals surface area contributed by atoms with Crippen molar-refractivity contribution < 1.29 is 24.5 Å². The zero-order valence-electron chi connectivity index (χ0n) is 20.1. The molecule has 0 bridgehead atoms. The van der Waals surface area contributed by atoms with Gasteiger partial charge in [0, 0.05) is 0 Å². The normalized spacial score (nSPS) is 22.0. The van der Waals surface area contributed by atoms with E-state index in [0.29, 0.717) is 22.7 Å². The predicted molar refractivity (Wildman–Crippen MR) is 135 cm³/mol. The van der Waals surface area contributed by atoms with Crippen LogP contribution in [-0.2, 0) is 9.53 Å². The summed E-state index contributed by atoms with van der Waals surface area (Å²) in [5.74, 6) is 0.639. The van der Waals surface area contributed by atoms with Gasteiger partial charge in [-0.05, 0) is 24.6 Å². The number of ether oxygens (including phenoxy) is 2. The van der Waals surface area contributed by atoms with Gasteiger partial charge in [0.25, 0.3) is 5.91 Å². The van der Waals surface area contributed by atoms with Crippen LogP contribution in [0.5, 0.6) is 5.75 Å². The second-order valence-electron chi connectivity index (χ2n) is 8.76. The maximum absolute atomic E-state index is 12.7. The van der Waals surface area contributed by atoms with Gasteiger partial charge in [0.05, 0.1) is 19.0 Å². The first kappa shape index (κ1) is 24.6. The van der Waals surface area contributed by atoms with Crippen LogP contribution in [0.4, 0.5) is 5.82 Å². The Bertz CT molecular complexity index is 1340. The first-order valence-electron chi connectivity index (χ1n) is 12.0. The number of rotatable bonds is 9. The molecule has 2 aromatic heterocycles. The lowest BCUT2D eigenvalue weighted by atomic mass is 10.1. The highest BCUT2D eigenvalue weighted by Gasteiger charge is 2.45. The van der Waals surface area contributed by atoms with E-state index in [9.17, 15) is 15.0 Å². The number of benzene rings is 2. The van der Waals surface area contributed by atoms with Crippen molar-refractivity contribution in [3.63, 3.8) is 0 Å². The molecule has 0 aliphatic carbocycles. The number of aliphatic hydroxyl groups is 2. The molecule has 3 heterocycles. The van der Waals surface area contributed by atoms with E-state index in [1.54, 1.807) is 28.8 Å². The zero-order valence-corrected chi connectivity index (χ0v) is 20.1. The maximum Gasteiger partial charge on any atom is 0.258 e. The predicted octanol–water partition coefficient (Wildman–Crippen LogP) is 1.81.